The second-order valence-corrected chi connectivity index (χ2v) is 35.2. The van der Waals surface area contributed by atoms with Gasteiger partial charge >= 0.3 is 5.97 Å². The lowest BCUT2D eigenvalue weighted by Gasteiger charge is -2.31. The Morgan fingerprint density at radius 1 is 0.443 bits per heavy atom. The molecule has 0 aromatic carbocycles. The number of likely N-dealkylation sites (N-methyl/N-ethyl adjacent to an activating group) is 1. The van der Waals surface area contributed by atoms with Gasteiger partial charge < -0.3 is 38.9 Å². The highest BCUT2D eigenvalue weighted by atomic mass is 32.2. The Morgan fingerprint density at radius 2 is 0.773 bits per heavy atom. The largest absolute Gasteiger partial charge is 0.452 e. The van der Waals surface area contributed by atoms with Crippen LogP contribution < -0.4 is 0 Å². The van der Waals surface area contributed by atoms with Crippen molar-refractivity contribution in [2.24, 2.45) is 11.8 Å². The molecule has 5 amide bonds. The lowest BCUT2D eigenvalue weighted by atomic mass is 9.87. The number of amides is 5. The Labute approximate surface area is 588 Å². The van der Waals surface area contributed by atoms with Crippen molar-refractivity contribution in [1.82, 2.24) is 38.6 Å². The monoisotopic (exact) mass is 1460 g/mol. The van der Waals surface area contributed by atoms with Crippen LogP contribution in [0.2, 0.25) is 0 Å². The summed E-state index contributed by atoms with van der Waals surface area (Å²) >= 11 is 0. The van der Waals surface area contributed by atoms with Crippen molar-refractivity contribution < 1.29 is 71.9 Å². The second kappa shape index (κ2) is 52.9. The molecule has 8 heterocycles. The molecule has 568 valence electrons. The number of nitrogens with zero attached hydrogens (tertiary/aromatic N) is 8. The van der Waals surface area contributed by atoms with Crippen molar-refractivity contribution in [3.05, 3.63) is 0 Å². The third-order valence-electron chi connectivity index (χ3n) is 17.8. The van der Waals surface area contributed by atoms with E-state index in [9.17, 15) is 62.4 Å². The lowest BCUT2D eigenvalue weighted by molar-refractivity contribution is -0.142. The van der Waals surface area contributed by atoms with Gasteiger partial charge in [-0.05, 0) is 161 Å². The van der Waals surface area contributed by atoms with Gasteiger partial charge in [-0.3, -0.25) is 33.7 Å². The fourth-order valence-electron chi connectivity index (χ4n) is 11.4. The van der Waals surface area contributed by atoms with E-state index < -0.39 is 39.5 Å². The van der Waals surface area contributed by atoms with E-state index in [-0.39, 0.29) is 35.7 Å². The Bertz CT molecular complexity index is 2710. The van der Waals surface area contributed by atoms with E-state index >= 15 is 0 Å². The maximum absolute atomic E-state index is 11.2. The van der Waals surface area contributed by atoms with Crippen LogP contribution in [0.15, 0.2) is 0 Å². The number of piperazine rings is 1. The average molecular weight is 1460 g/mol. The molecule has 1 atom stereocenters. The minimum Gasteiger partial charge on any atom is -0.452 e. The molecular weight excluding hydrogens is 1330 g/mol. The van der Waals surface area contributed by atoms with Crippen LogP contribution in [0.3, 0.4) is 0 Å². The Morgan fingerprint density at radius 3 is 1.05 bits per heavy atom. The van der Waals surface area contributed by atoms with E-state index in [0.717, 1.165) is 169 Å². The standard InChI is InChI=1S/C8H17NO2S.C8H15NO.C7H14N2O.2C7H13NO.C7H14O3S.C7H10O2.C6H13NO2S.C6H11NO.C6H12O2S/c1-8(12(2,10)11)9-6-4-3-5-7-9;1-2-8(10)9-6-4-3-5-7-9;1-7(10)9-5-3-8(2)4-6-9;1-7(9)8-5-3-2-4-6-8;1-2-7(9)8-5-3-4-6-8;1-11(8,9)6-7-2-4-10-5-3-7;1-3-5-6-9-7(8)4-2;1-10(8,9)7-5-3-2-4-6-7;1-6(8)7-4-2-3-5-7;1-9(7,8)5-6-3-2-4-6/h8H,3-7H2,1-2H3;2-7H2,1H3;3-6H2,1-2H3;2*2-6H2,1H3;7H,2-6H2,1H3;4,6H2,1-2H3;2-6H2,1H3;2-5H2,1H3;6H,2-5H2,1H3. The fourth-order valence-corrected chi connectivity index (χ4v) is 15.4. The average Bonchev–Trinajstić information content (AvgIpc) is 1.52. The van der Waals surface area contributed by atoms with E-state index in [0.29, 0.717) is 54.4 Å². The first-order valence-corrected chi connectivity index (χ1v) is 43.9. The fraction of sp³-hybridized carbons (Fsp3) is 0.884. The molecule has 8 aliphatic heterocycles. The van der Waals surface area contributed by atoms with Gasteiger partial charge in [0.2, 0.25) is 39.6 Å². The predicted molar refractivity (Wildman–Crippen MR) is 389 cm³/mol. The van der Waals surface area contributed by atoms with Gasteiger partial charge in [0.25, 0.3) is 0 Å². The van der Waals surface area contributed by atoms with Gasteiger partial charge in [-0.2, -0.15) is 0 Å². The van der Waals surface area contributed by atoms with Crippen molar-refractivity contribution in [3.8, 4) is 11.8 Å². The van der Waals surface area contributed by atoms with Crippen LogP contribution >= 0.6 is 0 Å². The Hall–Kier alpha value is -3.98. The first kappa shape index (κ1) is 93.0. The molecule has 1 saturated carbocycles. The van der Waals surface area contributed by atoms with Crippen molar-refractivity contribution >= 4 is 75.0 Å². The zero-order valence-electron chi connectivity index (χ0n) is 62.3. The molecule has 1 aliphatic carbocycles. The normalized spacial score (nSPS) is 19.8. The molecule has 24 nitrogen and oxygen atoms in total. The van der Waals surface area contributed by atoms with Crippen LogP contribution in [0.5, 0.6) is 0 Å². The summed E-state index contributed by atoms with van der Waals surface area (Å²) < 4.78 is 98.5. The molecule has 0 radical (unpaired) electrons. The summed E-state index contributed by atoms with van der Waals surface area (Å²) in [5.41, 5.74) is 0. The highest BCUT2D eigenvalue weighted by Gasteiger charge is 2.25. The van der Waals surface area contributed by atoms with Gasteiger partial charge in [-0.25, -0.2) is 38.0 Å². The van der Waals surface area contributed by atoms with Gasteiger partial charge in [-0.1, -0.05) is 46.0 Å². The molecule has 0 N–H and O–H groups in total. The smallest absolute Gasteiger partial charge is 0.306 e. The number of carbonyl (C=O) groups is 6. The van der Waals surface area contributed by atoms with E-state index in [1.54, 1.807) is 45.8 Å². The predicted octanol–water partition coefficient (Wildman–Crippen LogP) is 7.40. The van der Waals surface area contributed by atoms with E-state index in [4.69, 9.17) is 4.74 Å². The van der Waals surface area contributed by atoms with E-state index in [1.165, 1.54) is 108 Å². The molecule has 0 aromatic rings. The van der Waals surface area contributed by atoms with Gasteiger partial charge in [0.1, 0.15) is 25.0 Å². The molecule has 97 heavy (non-hydrogen) atoms. The number of hydrogen-bond acceptors (Lipinski definition) is 18. The molecule has 28 heteroatoms. The van der Waals surface area contributed by atoms with Crippen LogP contribution in [0.1, 0.15) is 209 Å². The van der Waals surface area contributed by atoms with E-state index in [2.05, 4.69) is 33.4 Å². The minimum absolute atomic E-state index is 0.197. The lowest BCUT2D eigenvalue weighted by Crippen LogP contribution is -2.46. The molecule has 1 unspecified atom stereocenters. The SMILES string of the molecule is CC#CCOC(=O)CC.CC(=O)N1CCCC1.CC(=O)N1CCCCC1.CC(=O)N1CCN(C)CC1.CC(N1CCCCC1)S(C)(=O)=O.CCC(=O)N1CCCC1.CCC(=O)N1CCCCC1.CS(=O)(=O)CC1CCC1.CS(=O)(=O)CC1CCOCC1.CS(=O)(=O)N1CCCCC1. The number of likely N-dealkylation sites (tertiary alicyclic amines) is 5. The highest BCUT2D eigenvalue weighted by molar-refractivity contribution is 7.91. The zero-order chi connectivity index (χ0) is 73.5. The van der Waals surface area contributed by atoms with Crippen LogP contribution in [0.25, 0.3) is 0 Å². The number of rotatable bonds is 11. The summed E-state index contributed by atoms with van der Waals surface area (Å²) in [6, 6.07) is 0. The molecule has 9 fully saturated rings. The van der Waals surface area contributed by atoms with Gasteiger partial charge in [0, 0.05) is 164 Å². The van der Waals surface area contributed by atoms with Crippen molar-refractivity contribution in [2.45, 2.75) is 215 Å². The maximum atomic E-state index is 11.2. The molecule has 9 aliphatic rings. The topological polar surface area (TPSA) is 283 Å². The summed E-state index contributed by atoms with van der Waals surface area (Å²) in [6.07, 6.45) is 31.1. The minimum atomic E-state index is -2.89. The van der Waals surface area contributed by atoms with Crippen molar-refractivity contribution in [2.75, 3.05) is 168 Å². The zero-order valence-corrected chi connectivity index (χ0v) is 65.6. The Kier molecular flexibility index (Phi) is 50.8. The number of sulfonamides is 1. The van der Waals surface area contributed by atoms with Crippen LogP contribution in [0.4, 0.5) is 0 Å². The summed E-state index contributed by atoms with van der Waals surface area (Å²) in [5, 5.41) is -0.294. The molecule has 8 saturated heterocycles. The van der Waals surface area contributed by atoms with E-state index in [1.807, 2.05) is 38.3 Å². The third kappa shape index (κ3) is 49.3. The Balaban J connectivity index is 0.00000106. The first-order valence-electron chi connectivity index (χ1n) is 36.0. The molecule has 9 rings (SSSR count). The van der Waals surface area contributed by atoms with Crippen molar-refractivity contribution in [3.63, 3.8) is 0 Å². The summed E-state index contributed by atoms with van der Waals surface area (Å²) in [4.78, 5) is 78.4. The third-order valence-corrected chi connectivity index (χ3v) is 22.8. The molecule has 0 spiro atoms. The van der Waals surface area contributed by atoms with Crippen LogP contribution in [-0.4, -0.2) is 281 Å². The van der Waals surface area contributed by atoms with Gasteiger partial charge in [0.15, 0.2) is 16.4 Å². The second-order valence-electron chi connectivity index (χ2n) is 26.6. The molecule has 0 aromatic heterocycles. The quantitative estimate of drug-likeness (QED) is 0.144. The number of sulfone groups is 3. The first-order chi connectivity index (χ1) is 45.6. The molecule has 0 bridgehead atoms. The summed E-state index contributed by atoms with van der Waals surface area (Å²) in [7, 11) is -9.15. The van der Waals surface area contributed by atoms with Crippen LogP contribution in [-0.2, 0) is 77.8 Å². The number of piperidine rings is 4. The van der Waals surface area contributed by atoms with Crippen LogP contribution in [0, 0.1) is 23.7 Å². The van der Waals surface area contributed by atoms with Crippen molar-refractivity contribution in [1.29, 1.82) is 0 Å². The highest BCUT2D eigenvalue weighted by Crippen LogP contribution is 2.27. The number of esters is 1. The summed E-state index contributed by atoms with van der Waals surface area (Å²) in [5.74, 6) is 7.89. The number of ether oxygens (including phenoxy) is 2. The van der Waals surface area contributed by atoms with Gasteiger partial charge in [-0.15, -0.1) is 5.92 Å². The van der Waals surface area contributed by atoms with Gasteiger partial charge in [0.05, 0.1) is 17.8 Å². The number of hydrogen-bond donors (Lipinski definition) is 0. The summed E-state index contributed by atoms with van der Waals surface area (Å²) in [6.45, 7) is 30.7. The number of carbonyl (C=O) groups excluding carboxylic acids is 6. The molecular formula is C69H132N8O16S4. The maximum Gasteiger partial charge on any atom is 0.306 e.